The van der Waals surface area contributed by atoms with Gasteiger partial charge in [0, 0.05) is 31.7 Å². The van der Waals surface area contributed by atoms with E-state index in [1.165, 1.54) is 20.2 Å². The molecule has 1 aliphatic carbocycles. The molecule has 134 valence electrons. The molecular formula is C15H19N5O5. The summed E-state index contributed by atoms with van der Waals surface area (Å²) in [6.45, 7) is 3.12. The fourth-order valence-corrected chi connectivity index (χ4v) is 3.16. The van der Waals surface area contributed by atoms with E-state index in [2.05, 4.69) is 15.0 Å². The van der Waals surface area contributed by atoms with Gasteiger partial charge in [0.2, 0.25) is 5.95 Å². The Morgan fingerprint density at radius 3 is 2.68 bits per heavy atom. The number of anilines is 1. The zero-order valence-corrected chi connectivity index (χ0v) is 13.9. The Labute approximate surface area is 142 Å². The third kappa shape index (κ3) is 3.32. The minimum Gasteiger partial charge on any atom is -0.466 e. The molecule has 0 radical (unpaired) electrons. The molecule has 3 atom stereocenters. The number of esters is 2. The van der Waals surface area contributed by atoms with Crippen molar-refractivity contribution in [3.63, 3.8) is 0 Å². The predicted molar refractivity (Wildman–Crippen MR) is 86.5 cm³/mol. The van der Waals surface area contributed by atoms with Gasteiger partial charge in [0.25, 0.3) is 5.56 Å². The highest BCUT2D eigenvalue weighted by Gasteiger charge is 2.44. The smallest absolute Gasteiger partial charge is 0.302 e. The first kappa shape index (κ1) is 16.9. The van der Waals surface area contributed by atoms with E-state index in [1.54, 1.807) is 4.57 Å². The van der Waals surface area contributed by atoms with E-state index < -0.39 is 5.56 Å². The largest absolute Gasteiger partial charge is 0.466 e. The third-order valence-corrected chi connectivity index (χ3v) is 4.43. The van der Waals surface area contributed by atoms with Gasteiger partial charge in [-0.2, -0.15) is 4.98 Å². The van der Waals surface area contributed by atoms with Gasteiger partial charge in [0.05, 0.1) is 19.5 Å². The van der Waals surface area contributed by atoms with Gasteiger partial charge in [0.1, 0.15) is 0 Å². The van der Waals surface area contributed by atoms with Crippen LogP contribution in [0.3, 0.4) is 0 Å². The molecule has 10 heteroatoms. The van der Waals surface area contributed by atoms with Crippen LogP contribution in [0, 0.1) is 11.8 Å². The minimum absolute atomic E-state index is 0.00609. The van der Waals surface area contributed by atoms with Gasteiger partial charge in [-0.1, -0.05) is 0 Å². The van der Waals surface area contributed by atoms with Crippen LogP contribution in [0.15, 0.2) is 11.1 Å². The maximum atomic E-state index is 11.9. The zero-order valence-electron chi connectivity index (χ0n) is 13.9. The molecule has 0 amide bonds. The number of nitrogens with two attached hydrogens (primary N) is 1. The molecule has 3 rings (SSSR count). The summed E-state index contributed by atoms with van der Waals surface area (Å²) >= 11 is 0. The van der Waals surface area contributed by atoms with Crippen LogP contribution in [-0.2, 0) is 19.1 Å². The fourth-order valence-electron chi connectivity index (χ4n) is 3.16. The summed E-state index contributed by atoms with van der Waals surface area (Å²) in [6, 6.07) is -0.0846. The van der Waals surface area contributed by atoms with E-state index in [-0.39, 0.29) is 54.5 Å². The molecule has 2 heterocycles. The molecular weight excluding hydrogens is 330 g/mol. The Morgan fingerprint density at radius 1 is 1.32 bits per heavy atom. The molecule has 2 aromatic heterocycles. The topological polar surface area (TPSA) is 142 Å². The number of imidazole rings is 1. The second-order valence-corrected chi connectivity index (χ2v) is 6.11. The Bertz CT molecular complexity index is 873. The molecule has 0 unspecified atom stereocenters. The van der Waals surface area contributed by atoms with Crippen molar-refractivity contribution in [3.05, 3.63) is 16.7 Å². The van der Waals surface area contributed by atoms with Gasteiger partial charge >= 0.3 is 11.9 Å². The van der Waals surface area contributed by atoms with Gasteiger partial charge in [-0.15, -0.1) is 0 Å². The van der Waals surface area contributed by atoms with Gasteiger partial charge in [0.15, 0.2) is 11.2 Å². The number of nitrogens with zero attached hydrogens (tertiary/aromatic N) is 3. The number of hydrogen-bond acceptors (Lipinski definition) is 8. The molecule has 1 aliphatic rings. The van der Waals surface area contributed by atoms with Crippen LogP contribution in [0.25, 0.3) is 11.2 Å². The molecule has 0 bridgehead atoms. The number of hydrogen-bond donors (Lipinski definition) is 2. The van der Waals surface area contributed by atoms with Crippen molar-refractivity contribution in [2.75, 3.05) is 18.9 Å². The van der Waals surface area contributed by atoms with Crippen LogP contribution in [0.4, 0.5) is 5.95 Å². The Balaban J connectivity index is 1.86. The zero-order chi connectivity index (χ0) is 18.1. The van der Waals surface area contributed by atoms with E-state index in [1.807, 2.05) is 0 Å². The Morgan fingerprint density at radius 2 is 2.00 bits per heavy atom. The van der Waals surface area contributed by atoms with Crippen LogP contribution in [-0.4, -0.2) is 44.7 Å². The third-order valence-electron chi connectivity index (χ3n) is 4.43. The summed E-state index contributed by atoms with van der Waals surface area (Å²) < 4.78 is 12.0. The van der Waals surface area contributed by atoms with Crippen molar-refractivity contribution in [1.29, 1.82) is 0 Å². The van der Waals surface area contributed by atoms with E-state index in [4.69, 9.17) is 15.2 Å². The van der Waals surface area contributed by atoms with Crippen LogP contribution >= 0.6 is 0 Å². The van der Waals surface area contributed by atoms with Crippen LogP contribution in [0.1, 0.15) is 26.3 Å². The number of aromatic amines is 1. The van der Waals surface area contributed by atoms with Gasteiger partial charge in [-0.05, 0) is 6.42 Å². The summed E-state index contributed by atoms with van der Waals surface area (Å²) in [5, 5.41) is 0. The lowest BCUT2D eigenvalue weighted by molar-refractivity contribution is -0.152. The highest BCUT2D eigenvalue weighted by Crippen LogP contribution is 2.45. The molecule has 25 heavy (non-hydrogen) atoms. The lowest BCUT2D eigenvalue weighted by atomic mass is 9.69. The molecule has 1 fully saturated rings. The maximum Gasteiger partial charge on any atom is 0.302 e. The average molecular weight is 349 g/mol. The summed E-state index contributed by atoms with van der Waals surface area (Å²) in [6.07, 6.45) is 2.21. The second-order valence-electron chi connectivity index (χ2n) is 6.11. The average Bonchev–Trinajstić information content (AvgIpc) is 2.89. The molecule has 3 N–H and O–H groups in total. The number of fused-ring (bicyclic) bond motifs is 1. The Kier molecular flexibility index (Phi) is 4.43. The highest BCUT2D eigenvalue weighted by atomic mass is 16.5. The highest BCUT2D eigenvalue weighted by molar-refractivity contribution is 5.70. The van der Waals surface area contributed by atoms with E-state index in [0.717, 1.165) is 0 Å². The molecule has 2 aromatic rings. The standard InChI is InChI=1S/C15H19N5O5/c1-7(21)24-4-9-3-11(10(9)5-25-8(2)22)20-6-17-12-13(20)18-15(16)19-14(12)23/h6,9-11H,3-5H2,1-2H3,(H3,16,18,19,23)/t9-,10-,11-/m1/s1. The molecule has 0 spiro atoms. The second kappa shape index (κ2) is 6.54. The van der Waals surface area contributed by atoms with Crippen LogP contribution in [0.2, 0.25) is 0 Å². The number of ether oxygens (including phenoxy) is 2. The monoisotopic (exact) mass is 349 g/mol. The van der Waals surface area contributed by atoms with E-state index in [9.17, 15) is 14.4 Å². The lowest BCUT2D eigenvalue weighted by Gasteiger charge is -2.44. The SMILES string of the molecule is CC(=O)OC[C@H]1C[C@@H](n2cnc3c(=O)[nH]c(N)nc32)[C@@H]1COC(C)=O. The number of rotatable bonds is 5. The molecule has 1 saturated carbocycles. The van der Waals surface area contributed by atoms with Crippen molar-refractivity contribution in [1.82, 2.24) is 19.5 Å². The van der Waals surface area contributed by atoms with E-state index >= 15 is 0 Å². The number of carbonyl (C=O) groups is 2. The molecule has 0 aliphatic heterocycles. The molecule has 0 saturated heterocycles. The normalized spacial score (nSPS) is 22.4. The van der Waals surface area contributed by atoms with Crippen LogP contribution in [0.5, 0.6) is 0 Å². The quantitative estimate of drug-likeness (QED) is 0.719. The predicted octanol–water partition coefficient (Wildman–Crippen LogP) is 0.00520. The number of H-pyrrole nitrogens is 1. The lowest BCUT2D eigenvalue weighted by Crippen LogP contribution is -2.44. The summed E-state index contributed by atoms with van der Waals surface area (Å²) in [5.41, 5.74) is 5.79. The van der Waals surface area contributed by atoms with Crippen molar-refractivity contribution >= 4 is 29.1 Å². The first-order valence-electron chi connectivity index (χ1n) is 7.86. The molecule has 0 aromatic carbocycles. The van der Waals surface area contributed by atoms with Crippen LogP contribution < -0.4 is 11.3 Å². The molecule has 10 nitrogen and oxygen atoms in total. The summed E-state index contributed by atoms with van der Waals surface area (Å²) in [5.74, 6) is -0.769. The summed E-state index contributed by atoms with van der Waals surface area (Å²) in [7, 11) is 0. The van der Waals surface area contributed by atoms with Crippen molar-refractivity contribution < 1.29 is 19.1 Å². The first-order valence-corrected chi connectivity index (χ1v) is 7.86. The number of aromatic nitrogens is 4. The van der Waals surface area contributed by atoms with Crippen molar-refractivity contribution in [3.8, 4) is 0 Å². The van der Waals surface area contributed by atoms with Gasteiger partial charge in [-0.25, -0.2) is 4.98 Å². The number of nitrogen functional groups attached to an aromatic ring is 1. The minimum atomic E-state index is -0.409. The number of nitrogens with one attached hydrogen (secondary N) is 1. The van der Waals surface area contributed by atoms with Crippen molar-refractivity contribution in [2.45, 2.75) is 26.3 Å². The van der Waals surface area contributed by atoms with Crippen molar-refractivity contribution in [2.24, 2.45) is 11.8 Å². The van der Waals surface area contributed by atoms with Gasteiger partial charge in [-0.3, -0.25) is 19.4 Å². The first-order chi connectivity index (χ1) is 11.9. The fraction of sp³-hybridized carbons (Fsp3) is 0.533. The maximum absolute atomic E-state index is 11.9. The summed E-state index contributed by atoms with van der Waals surface area (Å²) in [4.78, 5) is 44.8. The van der Waals surface area contributed by atoms with Gasteiger partial charge < -0.3 is 19.8 Å². The Hall–Kier alpha value is -2.91. The van der Waals surface area contributed by atoms with E-state index in [0.29, 0.717) is 12.1 Å². The number of carbonyl (C=O) groups excluding carboxylic acids is 2.